The van der Waals surface area contributed by atoms with Gasteiger partial charge in [0.05, 0.1) is 31.1 Å². The number of imide groups is 1. The normalized spacial score (nSPS) is 13.4. The van der Waals surface area contributed by atoms with E-state index in [1.165, 1.54) is 6.21 Å². The van der Waals surface area contributed by atoms with Gasteiger partial charge in [-0.2, -0.15) is 10.1 Å². The van der Waals surface area contributed by atoms with Gasteiger partial charge in [-0.15, -0.1) is 0 Å². The lowest BCUT2D eigenvalue weighted by Gasteiger charge is -2.11. The molecular weight excluding hydrogens is 332 g/mol. The van der Waals surface area contributed by atoms with Crippen molar-refractivity contribution in [1.29, 1.82) is 0 Å². The molecule has 0 N–H and O–H groups in total. The van der Waals surface area contributed by atoms with Crippen LogP contribution in [0.3, 0.4) is 0 Å². The zero-order chi connectivity index (χ0) is 18.5. The summed E-state index contributed by atoms with van der Waals surface area (Å²) in [4.78, 5) is 24.6. The molecule has 2 aromatic rings. The third kappa shape index (κ3) is 3.44. The lowest BCUT2D eigenvalue weighted by atomic mass is 10.1. The molecule has 0 bridgehead atoms. The van der Waals surface area contributed by atoms with E-state index < -0.39 is 11.8 Å². The second kappa shape index (κ2) is 7.82. The van der Waals surface area contributed by atoms with Crippen LogP contribution in [0.15, 0.2) is 47.6 Å². The largest absolute Gasteiger partial charge is 0.493 e. The molecule has 0 unspecified atom stereocenters. The summed E-state index contributed by atoms with van der Waals surface area (Å²) in [6.07, 6.45) is 3.47. The van der Waals surface area contributed by atoms with Gasteiger partial charge >= 0.3 is 0 Å². The number of nitrogens with zero attached hydrogens (tertiary/aromatic N) is 2. The molecule has 0 saturated carbocycles. The first-order chi connectivity index (χ1) is 12.7. The third-order valence-electron chi connectivity index (χ3n) is 4.04. The van der Waals surface area contributed by atoms with Crippen molar-refractivity contribution in [3.63, 3.8) is 0 Å². The predicted molar refractivity (Wildman–Crippen MR) is 97.9 cm³/mol. The summed E-state index contributed by atoms with van der Waals surface area (Å²) in [6.45, 7) is 2.72. The van der Waals surface area contributed by atoms with Crippen LogP contribution in [0.1, 0.15) is 46.0 Å². The fraction of sp³-hybridized carbons (Fsp3) is 0.250. The van der Waals surface area contributed by atoms with Gasteiger partial charge in [0.25, 0.3) is 11.8 Å². The van der Waals surface area contributed by atoms with E-state index in [4.69, 9.17) is 9.47 Å². The SMILES string of the molecule is CCCCOc1ccc(/C=N/N2C(=O)c3ccccc3C2=O)cc1OC. The van der Waals surface area contributed by atoms with Crippen molar-refractivity contribution >= 4 is 18.0 Å². The number of amides is 2. The number of benzene rings is 2. The van der Waals surface area contributed by atoms with Gasteiger partial charge < -0.3 is 9.47 Å². The van der Waals surface area contributed by atoms with Crippen LogP contribution in [0.5, 0.6) is 11.5 Å². The molecule has 0 saturated heterocycles. The highest BCUT2D eigenvalue weighted by Gasteiger charge is 2.35. The number of rotatable bonds is 7. The van der Waals surface area contributed by atoms with E-state index in [0.29, 0.717) is 34.8 Å². The summed E-state index contributed by atoms with van der Waals surface area (Å²) < 4.78 is 11.0. The Bertz CT molecular complexity index is 826. The molecule has 0 aromatic heterocycles. The van der Waals surface area contributed by atoms with Gasteiger partial charge in [-0.1, -0.05) is 25.5 Å². The van der Waals surface area contributed by atoms with Crippen LogP contribution in [-0.4, -0.2) is 36.8 Å². The molecule has 0 spiro atoms. The average molecular weight is 352 g/mol. The fourth-order valence-electron chi connectivity index (χ4n) is 2.62. The Hall–Kier alpha value is -3.15. The Morgan fingerprint density at radius 3 is 2.35 bits per heavy atom. The van der Waals surface area contributed by atoms with Crippen LogP contribution < -0.4 is 9.47 Å². The molecule has 1 heterocycles. The minimum atomic E-state index is -0.423. The number of hydrazone groups is 1. The number of carbonyl (C=O) groups excluding carboxylic acids is 2. The first-order valence-electron chi connectivity index (χ1n) is 8.48. The van der Waals surface area contributed by atoms with E-state index in [0.717, 1.165) is 17.9 Å². The molecule has 1 aliphatic heterocycles. The quantitative estimate of drug-likeness (QED) is 0.434. The van der Waals surface area contributed by atoms with Crippen molar-refractivity contribution in [1.82, 2.24) is 5.01 Å². The summed E-state index contributed by atoms with van der Waals surface area (Å²) in [5.74, 6) is 0.382. The van der Waals surface area contributed by atoms with Crippen molar-refractivity contribution in [3.8, 4) is 11.5 Å². The number of unbranched alkanes of at least 4 members (excludes halogenated alkanes) is 1. The standard InChI is InChI=1S/C20H20N2O4/c1-3-4-11-26-17-10-9-14(12-18(17)25-2)13-21-22-19(23)15-7-5-6-8-16(15)20(22)24/h5-10,12-13H,3-4,11H2,1-2H3/b21-13+. The number of fused-ring (bicyclic) bond motifs is 1. The lowest BCUT2D eigenvalue weighted by Crippen LogP contribution is -2.23. The summed E-state index contributed by atoms with van der Waals surface area (Å²) in [5, 5.41) is 4.94. The molecule has 0 aliphatic carbocycles. The highest BCUT2D eigenvalue weighted by molar-refractivity contribution is 6.21. The van der Waals surface area contributed by atoms with Crippen LogP contribution in [0.25, 0.3) is 0 Å². The van der Waals surface area contributed by atoms with Crippen molar-refractivity contribution in [2.75, 3.05) is 13.7 Å². The molecule has 6 heteroatoms. The fourth-order valence-corrected chi connectivity index (χ4v) is 2.62. The van der Waals surface area contributed by atoms with Crippen LogP contribution in [0.4, 0.5) is 0 Å². The number of methoxy groups -OCH3 is 1. The van der Waals surface area contributed by atoms with Gasteiger partial charge in [0.1, 0.15) is 0 Å². The molecule has 0 atom stereocenters. The van der Waals surface area contributed by atoms with E-state index in [-0.39, 0.29) is 0 Å². The van der Waals surface area contributed by atoms with Gasteiger partial charge in [0.15, 0.2) is 11.5 Å². The number of ether oxygens (including phenoxy) is 2. The van der Waals surface area contributed by atoms with E-state index in [9.17, 15) is 9.59 Å². The van der Waals surface area contributed by atoms with Crippen LogP contribution in [-0.2, 0) is 0 Å². The molecule has 6 nitrogen and oxygen atoms in total. The monoisotopic (exact) mass is 352 g/mol. The smallest absolute Gasteiger partial charge is 0.282 e. The van der Waals surface area contributed by atoms with E-state index in [1.54, 1.807) is 49.6 Å². The van der Waals surface area contributed by atoms with Gasteiger partial charge in [-0.05, 0) is 42.3 Å². The van der Waals surface area contributed by atoms with Crippen LogP contribution in [0.2, 0.25) is 0 Å². The maximum atomic E-state index is 12.3. The number of hydrogen-bond donors (Lipinski definition) is 0. The first-order valence-corrected chi connectivity index (χ1v) is 8.48. The highest BCUT2D eigenvalue weighted by Crippen LogP contribution is 2.28. The summed E-state index contributed by atoms with van der Waals surface area (Å²) in [7, 11) is 1.56. The van der Waals surface area contributed by atoms with E-state index in [1.807, 2.05) is 0 Å². The van der Waals surface area contributed by atoms with Crippen molar-refractivity contribution in [2.24, 2.45) is 5.10 Å². The lowest BCUT2D eigenvalue weighted by molar-refractivity contribution is 0.0660. The molecule has 134 valence electrons. The molecule has 2 aromatic carbocycles. The molecular formula is C20H20N2O4. The zero-order valence-corrected chi connectivity index (χ0v) is 14.8. The average Bonchev–Trinajstić information content (AvgIpc) is 2.92. The molecule has 0 radical (unpaired) electrons. The van der Waals surface area contributed by atoms with Crippen LogP contribution >= 0.6 is 0 Å². The second-order valence-corrected chi connectivity index (χ2v) is 5.82. The Morgan fingerprint density at radius 1 is 1.04 bits per heavy atom. The maximum absolute atomic E-state index is 12.3. The summed E-state index contributed by atoms with van der Waals surface area (Å²) >= 11 is 0. The summed E-state index contributed by atoms with van der Waals surface area (Å²) in [6, 6.07) is 12.0. The van der Waals surface area contributed by atoms with Gasteiger partial charge in [-0.25, -0.2) is 0 Å². The predicted octanol–water partition coefficient (Wildman–Crippen LogP) is 3.50. The Labute approximate surface area is 152 Å². The van der Waals surface area contributed by atoms with Crippen molar-refractivity contribution < 1.29 is 19.1 Å². The Morgan fingerprint density at radius 2 is 1.73 bits per heavy atom. The van der Waals surface area contributed by atoms with E-state index >= 15 is 0 Å². The molecule has 0 fully saturated rings. The molecule has 26 heavy (non-hydrogen) atoms. The highest BCUT2D eigenvalue weighted by atomic mass is 16.5. The minimum Gasteiger partial charge on any atom is -0.493 e. The number of carbonyl (C=O) groups is 2. The molecule has 3 rings (SSSR count). The first kappa shape index (κ1) is 17.7. The van der Waals surface area contributed by atoms with Gasteiger partial charge in [0.2, 0.25) is 0 Å². The van der Waals surface area contributed by atoms with E-state index in [2.05, 4.69) is 12.0 Å². The minimum absolute atomic E-state index is 0.368. The van der Waals surface area contributed by atoms with Crippen LogP contribution in [0, 0.1) is 0 Å². The summed E-state index contributed by atoms with van der Waals surface area (Å²) in [5.41, 5.74) is 1.43. The number of hydrogen-bond acceptors (Lipinski definition) is 5. The topological polar surface area (TPSA) is 68.2 Å². The Balaban J connectivity index is 1.77. The van der Waals surface area contributed by atoms with Crippen molar-refractivity contribution in [3.05, 3.63) is 59.2 Å². The third-order valence-corrected chi connectivity index (χ3v) is 4.04. The Kier molecular flexibility index (Phi) is 5.31. The molecule has 1 aliphatic rings. The van der Waals surface area contributed by atoms with Gasteiger partial charge in [-0.3, -0.25) is 9.59 Å². The molecule has 2 amide bonds. The second-order valence-electron chi connectivity index (χ2n) is 5.82. The maximum Gasteiger partial charge on any atom is 0.282 e. The van der Waals surface area contributed by atoms with Crippen molar-refractivity contribution in [2.45, 2.75) is 19.8 Å². The zero-order valence-electron chi connectivity index (χ0n) is 14.8. The van der Waals surface area contributed by atoms with Gasteiger partial charge in [0, 0.05) is 0 Å².